The molecule has 3 heterocycles. The normalized spacial score (nSPS) is 17.6. The van der Waals surface area contributed by atoms with Crippen LogP contribution in [0.4, 0.5) is 10.1 Å². The number of alkyl halides is 1. The number of halogens is 1. The summed E-state index contributed by atoms with van der Waals surface area (Å²) in [6, 6.07) is 9.25. The first-order valence-corrected chi connectivity index (χ1v) is 13.8. The molecule has 222 valence electrons. The molecule has 1 aliphatic carbocycles. The standard InChI is InChI=1S/C30H35FN6O5/c1-18(38)42-30(2,3)27(31)17-34-29(40)23-16-33-25(26-10-9-22-11-20(14-32)15-35-37(22)26)13-24(23)36-21-7-5-19(6-8-21)12-28(39)41-4/h9-11,13,15-16,19,21,27H,5-8,12,17H2,1-4H3,(H,33,36)(H,34,40)/t19?,21?,27-/m1/s1. The van der Waals surface area contributed by atoms with Crippen LogP contribution in [-0.2, 0) is 19.1 Å². The molecule has 4 rings (SSSR count). The van der Waals surface area contributed by atoms with Crippen LogP contribution >= 0.6 is 0 Å². The molecule has 0 spiro atoms. The smallest absolute Gasteiger partial charge is 0.305 e. The van der Waals surface area contributed by atoms with Crippen molar-refractivity contribution in [2.45, 2.75) is 70.7 Å². The van der Waals surface area contributed by atoms with Crippen molar-refractivity contribution in [3.8, 4) is 17.5 Å². The molecule has 0 aliphatic heterocycles. The van der Waals surface area contributed by atoms with Crippen LogP contribution in [0.25, 0.3) is 16.9 Å². The van der Waals surface area contributed by atoms with E-state index in [4.69, 9.17) is 9.47 Å². The molecular formula is C30H35FN6O5. The zero-order valence-electron chi connectivity index (χ0n) is 24.1. The summed E-state index contributed by atoms with van der Waals surface area (Å²) in [5.41, 5.74) is 1.69. The van der Waals surface area contributed by atoms with Crippen molar-refractivity contribution >= 4 is 29.0 Å². The second-order valence-corrected chi connectivity index (χ2v) is 11.0. The Morgan fingerprint density at radius 1 is 1.19 bits per heavy atom. The van der Waals surface area contributed by atoms with Crippen molar-refractivity contribution in [3.05, 3.63) is 47.8 Å². The predicted molar refractivity (Wildman–Crippen MR) is 152 cm³/mol. The molecule has 42 heavy (non-hydrogen) atoms. The number of pyridine rings is 1. The van der Waals surface area contributed by atoms with Crippen LogP contribution < -0.4 is 10.6 Å². The summed E-state index contributed by atoms with van der Waals surface area (Å²) >= 11 is 0. The van der Waals surface area contributed by atoms with Crippen molar-refractivity contribution in [1.29, 1.82) is 5.26 Å². The molecular weight excluding hydrogens is 543 g/mol. The SMILES string of the molecule is COC(=O)CC1CCC(Nc2cc(-c3ccc4cc(C#N)cnn34)ncc2C(=O)NC[C@@H](F)C(C)(C)OC(C)=O)CC1. The lowest BCUT2D eigenvalue weighted by Gasteiger charge is -2.30. The Labute approximate surface area is 243 Å². The van der Waals surface area contributed by atoms with Gasteiger partial charge in [-0.1, -0.05) is 0 Å². The van der Waals surface area contributed by atoms with Gasteiger partial charge in [0.25, 0.3) is 5.91 Å². The number of nitrogens with one attached hydrogen (secondary N) is 2. The summed E-state index contributed by atoms with van der Waals surface area (Å²) in [5.74, 6) is -1.13. The molecule has 2 N–H and O–H groups in total. The van der Waals surface area contributed by atoms with Crippen LogP contribution in [0.1, 0.15) is 68.8 Å². The number of carbonyl (C=O) groups excluding carboxylic acids is 3. The Morgan fingerprint density at radius 2 is 1.93 bits per heavy atom. The maximum atomic E-state index is 14.9. The third-order valence-corrected chi connectivity index (χ3v) is 7.53. The monoisotopic (exact) mass is 578 g/mol. The second-order valence-electron chi connectivity index (χ2n) is 11.0. The minimum absolute atomic E-state index is 0.0397. The first kappa shape index (κ1) is 30.4. The van der Waals surface area contributed by atoms with E-state index >= 15 is 0 Å². The number of amides is 1. The average Bonchev–Trinajstić information content (AvgIpc) is 3.39. The largest absolute Gasteiger partial charge is 0.469 e. The van der Waals surface area contributed by atoms with E-state index in [0.717, 1.165) is 31.2 Å². The summed E-state index contributed by atoms with van der Waals surface area (Å²) in [6.45, 7) is 3.72. The molecule has 0 radical (unpaired) electrons. The summed E-state index contributed by atoms with van der Waals surface area (Å²) in [7, 11) is 1.39. The van der Waals surface area contributed by atoms with Crippen molar-refractivity contribution in [2.75, 3.05) is 19.0 Å². The maximum Gasteiger partial charge on any atom is 0.305 e. The fraction of sp³-hybridized carbons (Fsp3) is 0.467. The van der Waals surface area contributed by atoms with Crippen molar-refractivity contribution < 1.29 is 28.2 Å². The fourth-order valence-electron chi connectivity index (χ4n) is 5.16. The van der Waals surface area contributed by atoms with Crippen LogP contribution in [-0.4, -0.2) is 63.9 Å². The zero-order chi connectivity index (χ0) is 30.4. The molecule has 0 saturated heterocycles. The van der Waals surface area contributed by atoms with E-state index in [1.165, 1.54) is 40.3 Å². The highest BCUT2D eigenvalue weighted by Gasteiger charge is 2.33. The molecule has 1 amide bonds. The van der Waals surface area contributed by atoms with Gasteiger partial charge in [0, 0.05) is 25.6 Å². The van der Waals surface area contributed by atoms with Gasteiger partial charge in [0.05, 0.1) is 53.6 Å². The van der Waals surface area contributed by atoms with E-state index in [2.05, 4.69) is 26.8 Å². The molecule has 0 bridgehead atoms. The van der Waals surface area contributed by atoms with Crippen LogP contribution in [0.5, 0.6) is 0 Å². The number of fused-ring (bicyclic) bond motifs is 1. The fourth-order valence-corrected chi connectivity index (χ4v) is 5.16. The number of ether oxygens (including phenoxy) is 2. The molecule has 1 atom stereocenters. The number of esters is 2. The number of methoxy groups -OCH3 is 1. The zero-order valence-corrected chi connectivity index (χ0v) is 24.1. The number of hydrogen-bond acceptors (Lipinski definition) is 9. The highest BCUT2D eigenvalue weighted by Crippen LogP contribution is 2.32. The minimum atomic E-state index is -1.64. The Hall–Kier alpha value is -4.53. The topological polar surface area (TPSA) is 148 Å². The van der Waals surface area contributed by atoms with Gasteiger partial charge in [-0.3, -0.25) is 19.4 Å². The number of nitrogens with zero attached hydrogens (tertiary/aromatic N) is 4. The Kier molecular flexibility index (Phi) is 9.40. The van der Waals surface area contributed by atoms with E-state index in [1.54, 1.807) is 16.6 Å². The predicted octanol–water partition coefficient (Wildman–Crippen LogP) is 4.21. The number of nitriles is 1. The highest BCUT2D eigenvalue weighted by atomic mass is 19.1. The average molecular weight is 579 g/mol. The van der Waals surface area contributed by atoms with E-state index in [0.29, 0.717) is 29.1 Å². The van der Waals surface area contributed by atoms with Gasteiger partial charge in [-0.25, -0.2) is 8.91 Å². The number of carbonyl (C=O) groups is 3. The highest BCUT2D eigenvalue weighted by molar-refractivity contribution is 6.00. The van der Waals surface area contributed by atoms with Gasteiger partial charge in [0.2, 0.25) is 0 Å². The summed E-state index contributed by atoms with van der Waals surface area (Å²) in [6.07, 6.45) is 4.87. The van der Waals surface area contributed by atoms with Crippen LogP contribution in [0, 0.1) is 17.2 Å². The third-order valence-electron chi connectivity index (χ3n) is 7.53. The molecule has 12 heteroatoms. The second kappa shape index (κ2) is 13.0. The van der Waals surface area contributed by atoms with Gasteiger partial charge in [-0.05, 0) is 69.7 Å². The number of hydrogen-bond donors (Lipinski definition) is 2. The maximum absolute atomic E-state index is 14.9. The van der Waals surface area contributed by atoms with Crippen molar-refractivity contribution in [3.63, 3.8) is 0 Å². The van der Waals surface area contributed by atoms with E-state index in [1.807, 2.05) is 12.1 Å². The molecule has 11 nitrogen and oxygen atoms in total. The van der Waals surface area contributed by atoms with Gasteiger partial charge >= 0.3 is 11.9 Å². The van der Waals surface area contributed by atoms with Crippen molar-refractivity contribution in [1.82, 2.24) is 19.9 Å². The molecule has 1 aliphatic rings. The summed E-state index contributed by atoms with van der Waals surface area (Å²) in [4.78, 5) is 40.9. The lowest BCUT2D eigenvalue weighted by Crippen LogP contribution is -2.45. The molecule has 3 aromatic heterocycles. The summed E-state index contributed by atoms with van der Waals surface area (Å²) < 4.78 is 26.4. The van der Waals surface area contributed by atoms with Gasteiger partial charge in [0.15, 0.2) is 6.17 Å². The Bertz CT molecular complexity index is 1510. The van der Waals surface area contributed by atoms with Gasteiger partial charge in [-0.15, -0.1) is 0 Å². The minimum Gasteiger partial charge on any atom is -0.469 e. The molecule has 3 aromatic rings. The van der Waals surface area contributed by atoms with E-state index in [-0.39, 0.29) is 30.0 Å². The summed E-state index contributed by atoms with van der Waals surface area (Å²) in [5, 5.41) is 19.6. The van der Waals surface area contributed by atoms with Crippen LogP contribution in [0.3, 0.4) is 0 Å². The van der Waals surface area contributed by atoms with Gasteiger partial charge in [-0.2, -0.15) is 10.4 Å². The Morgan fingerprint density at radius 3 is 2.60 bits per heavy atom. The molecule has 0 aromatic carbocycles. The van der Waals surface area contributed by atoms with Crippen LogP contribution in [0.15, 0.2) is 36.7 Å². The van der Waals surface area contributed by atoms with E-state index < -0.39 is 23.6 Å². The van der Waals surface area contributed by atoms with Gasteiger partial charge < -0.3 is 20.1 Å². The van der Waals surface area contributed by atoms with Crippen LogP contribution in [0.2, 0.25) is 0 Å². The third kappa shape index (κ3) is 7.21. The number of rotatable bonds is 10. The first-order valence-electron chi connectivity index (χ1n) is 13.8. The van der Waals surface area contributed by atoms with Crippen molar-refractivity contribution in [2.24, 2.45) is 5.92 Å². The molecule has 0 unspecified atom stereocenters. The molecule has 1 fully saturated rings. The lowest BCUT2D eigenvalue weighted by molar-refractivity contribution is -0.159. The first-order chi connectivity index (χ1) is 20.0. The Balaban J connectivity index is 1.58. The molecule has 1 saturated carbocycles. The van der Waals surface area contributed by atoms with E-state index in [9.17, 15) is 24.0 Å². The van der Waals surface area contributed by atoms with Gasteiger partial charge in [0.1, 0.15) is 11.7 Å². The number of aromatic nitrogens is 3. The lowest BCUT2D eigenvalue weighted by atomic mass is 9.84. The quantitative estimate of drug-likeness (QED) is 0.338. The number of anilines is 1.